The fourth-order valence-electron chi connectivity index (χ4n) is 2.18. The molecule has 1 unspecified atom stereocenters. The maximum absolute atomic E-state index is 12.1. The van der Waals surface area contributed by atoms with Crippen molar-refractivity contribution >= 4 is 33.7 Å². The van der Waals surface area contributed by atoms with Gasteiger partial charge in [0.2, 0.25) is 5.91 Å². The van der Waals surface area contributed by atoms with Gasteiger partial charge >= 0.3 is 5.97 Å². The normalized spacial score (nSPS) is 17.8. The van der Waals surface area contributed by atoms with Crippen LogP contribution >= 0.6 is 15.9 Å². The Morgan fingerprint density at radius 3 is 2.71 bits per heavy atom. The Morgan fingerprint density at radius 1 is 1.48 bits per heavy atom. The van der Waals surface area contributed by atoms with E-state index < -0.39 is 17.8 Å². The minimum absolute atomic E-state index is 0.108. The number of likely N-dealkylation sites (tertiary alicyclic amines) is 1. The molecule has 0 bridgehead atoms. The fraction of sp³-hybridized carbons (Fsp3) is 0.462. The molecule has 1 fully saturated rings. The standard InChI is InChI=1S/C13H15BrN2O5/c1-15(12(18)9-2-3-10(14)21-9)7-11(17)16-5-4-8(6-16)13(19)20/h2-3,8H,4-7H2,1H3,(H,19,20). The lowest BCUT2D eigenvalue weighted by atomic mass is 10.1. The van der Waals surface area contributed by atoms with Gasteiger partial charge in [-0.25, -0.2) is 0 Å². The topological polar surface area (TPSA) is 91.1 Å². The molecule has 21 heavy (non-hydrogen) atoms. The number of carboxylic acid groups (broad SMARTS) is 1. The second-order valence-electron chi connectivity index (χ2n) is 4.93. The first kappa shape index (κ1) is 15.6. The molecular formula is C13H15BrN2O5. The van der Waals surface area contributed by atoms with Crippen molar-refractivity contribution in [2.24, 2.45) is 5.92 Å². The number of aliphatic carboxylic acids is 1. The smallest absolute Gasteiger partial charge is 0.308 e. The molecule has 2 rings (SSSR count). The molecule has 0 spiro atoms. The summed E-state index contributed by atoms with van der Waals surface area (Å²) in [7, 11) is 1.50. The van der Waals surface area contributed by atoms with Crippen LogP contribution in [0.1, 0.15) is 17.0 Å². The molecule has 2 heterocycles. The lowest BCUT2D eigenvalue weighted by Gasteiger charge is -2.20. The molecule has 0 aromatic carbocycles. The highest BCUT2D eigenvalue weighted by Crippen LogP contribution is 2.18. The summed E-state index contributed by atoms with van der Waals surface area (Å²) in [6.07, 6.45) is 0.448. The van der Waals surface area contributed by atoms with Gasteiger partial charge in [-0.15, -0.1) is 0 Å². The van der Waals surface area contributed by atoms with Crippen LogP contribution in [0.3, 0.4) is 0 Å². The predicted molar refractivity (Wildman–Crippen MR) is 75.7 cm³/mol. The number of halogens is 1. The van der Waals surface area contributed by atoms with Gasteiger partial charge in [0.1, 0.15) is 0 Å². The van der Waals surface area contributed by atoms with Crippen LogP contribution in [0.25, 0.3) is 0 Å². The van der Waals surface area contributed by atoms with Crippen LogP contribution in [0.4, 0.5) is 0 Å². The molecule has 8 heteroatoms. The third-order valence-corrected chi connectivity index (χ3v) is 3.82. The van der Waals surface area contributed by atoms with E-state index in [9.17, 15) is 14.4 Å². The highest BCUT2D eigenvalue weighted by molar-refractivity contribution is 9.10. The van der Waals surface area contributed by atoms with Crippen LogP contribution in [-0.4, -0.2) is 59.4 Å². The summed E-state index contributed by atoms with van der Waals surface area (Å²) >= 11 is 3.11. The van der Waals surface area contributed by atoms with Gasteiger partial charge in [-0.1, -0.05) is 0 Å². The Bertz CT molecular complexity index is 571. The first-order chi connectivity index (χ1) is 9.88. The summed E-state index contributed by atoms with van der Waals surface area (Å²) < 4.78 is 5.58. The molecular weight excluding hydrogens is 344 g/mol. The first-order valence-corrected chi connectivity index (χ1v) is 7.19. The molecule has 2 amide bonds. The average Bonchev–Trinajstić information content (AvgIpc) is 3.06. The number of furan rings is 1. The van der Waals surface area contributed by atoms with Gasteiger partial charge in [0, 0.05) is 20.1 Å². The molecule has 1 aromatic heterocycles. The van der Waals surface area contributed by atoms with Crippen molar-refractivity contribution in [3.63, 3.8) is 0 Å². The highest BCUT2D eigenvalue weighted by atomic mass is 79.9. The number of hydrogen-bond acceptors (Lipinski definition) is 4. The van der Waals surface area contributed by atoms with Crippen molar-refractivity contribution in [3.05, 3.63) is 22.6 Å². The van der Waals surface area contributed by atoms with E-state index in [1.807, 2.05) is 0 Å². The van der Waals surface area contributed by atoms with E-state index >= 15 is 0 Å². The van der Waals surface area contributed by atoms with Gasteiger partial charge in [0.05, 0.1) is 12.5 Å². The van der Waals surface area contributed by atoms with Gasteiger partial charge in [0.25, 0.3) is 5.91 Å². The van der Waals surface area contributed by atoms with Crippen LogP contribution in [0, 0.1) is 5.92 Å². The van der Waals surface area contributed by atoms with Crippen LogP contribution in [0.15, 0.2) is 21.2 Å². The molecule has 7 nitrogen and oxygen atoms in total. The zero-order chi connectivity index (χ0) is 15.6. The number of likely N-dealkylation sites (N-methyl/N-ethyl adjacent to an activating group) is 1. The summed E-state index contributed by atoms with van der Waals surface area (Å²) in [6.45, 7) is 0.496. The molecule has 1 atom stereocenters. The molecule has 0 saturated carbocycles. The minimum atomic E-state index is -0.893. The predicted octanol–water partition coefficient (Wildman–Crippen LogP) is 1.05. The average molecular weight is 359 g/mol. The van der Waals surface area contributed by atoms with E-state index in [4.69, 9.17) is 9.52 Å². The van der Waals surface area contributed by atoms with Crippen LogP contribution in [0.5, 0.6) is 0 Å². The molecule has 1 N–H and O–H groups in total. The number of carbonyl (C=O) groups is 3. The van der Waals surface area contributed by atoms with E-state index in [-0.39, 0.29) is 24.8 Å². The zero-order valence-corrected chi connectivity index (χ0v) is 13.0. The molecule has 1 aliphatic rings. The maximum Gasteiger partial charge on any atom is 0.308 e. The van der Waals surface area contributed by atoms with Gasteiger partial charge in [-0.05, 0) is 34.5 Å². The number of carbonyl (C=O) groups excluding carboxylic acids is 2. The minimum Gasteiger partial charge on any atom is -0.481 e. The fourth-order valence-corrected chi connectivity index (χ4v) is 2.49. The molecule has 0 radical (unpaired) electrons. The van der Waals surface area contributed by atoms with Crippen molar-refractivity contribution < 1.29 is 23.9 Å². The number of carboxylic acids is 1. The van der Waals surface area contributed by atoms with E-state index in [2.05, 4.69) is 15.9 Å². The van der Waals surface area contributed by atoms with Gasteiger partial charge in [-0.3, -0.25) is 14.4 Å². The van der Waals surface area contributed by atoms with Gasteiger partial charge in [-0.2, -0.15) is 0 Å². The summed E-state index contributed by atoms with van der Waals surface area (Å²) in [6, 6.07) is 3.12. The first-order valence-electron chi connectivity index (χ1n) is 6.40. The SMILES string of the molecule is CN(CC(=O)N1CCC(C(=O)O)C1)C(=O)c1ccc(Br)o1. The molecule has 114 valence electrons. The molecule has 1 aromatic rings. The summed E-state index contributed by atoms with van der Waals surface area (Å²) in [5.74, 6) is -1.93. The summed E-state index contributed by atoms with van der Waals surface area (Å²) in [5.41, 5.74) is 0. The van der Waals surface area contributed by atoms with Crippen molar-refractivity contribution in [2.75, 3.05) is 26.7 Å². The lowest BCUT2D eigenvalue weighted by Crippen LogP contribution is -2.40. The van der Waals surface area contributed by atoms with Crippen molar-refractivity contribution in [3.8, 4) is 0 Å². The summed E-state index contributed by atoms with van der Waals surface area (Å²) in [5, 5.41) is 8.91. The third-order valence-electron chi connectivity index (χ3n) is 3.39. The van der Waals surface area contributed by atoms with Crippen LogP contribution in [0.2, 0.25) is 0 Å². The quantitative estimate of drug-likeness (QED) is 0.868. The van der Waals surface area contributed by atoms with Crippen molar-refractivity contribution in [2.45, 2.75) is 6.42 Å². The molecule has 1 saturated heterocycles. The van der Waals surface area contributed by atoms with E-state index in [1.165, 1.54) is 22.9 Å². The Balaban J connectivity index is 1.91. The maximum atomic E-state index is 12.1. The van der Waals surface area contributed by atoms with Crippen molar-refractivity contribution in [1.29, 1.82) is 0 Å². The second kappa shape index (κ2) is 6.30. The zero-order valence-electron chi connectivity index (χ0n) is 11.4. The molecule has 0 aliphatic carbocycles. The lowest BCUT2D eigenvalue weighted by molar-refractivity contribution is -0.141. The van der Waals surface area contributed by atoms with Crippen molar-refractivity contribution in [1.82, 2.24) is 9.80 Å². The molecule has 1 aliphatic heterocycles. The van der Waals surface area contributed by atoms with E-state index in [0.717, 1.165) is 0 Å². The van der Waals surface area contributed by atoms with E-state index in [1.54, 1.807) is 6.07 Å². The number of rotatable bonds is 4. The third kappa shape index (κ3) is 3.63. The largest absolute Gasteiger partial charge is 0.481 e. The monoisotopic (exact) mass is 358 g/mol. The van der Waals surface area contributed by atoms with Gasteiger partial charge < -0.3 is 19.3 Å². The Morgan fingerprint density at radius 2 is 2.19 bits per heavy atom. The Kier molecular flexibility index (Phi) is 4.66. The van der Waals surface area contributed by atoms with Gasteiger partial charge in [0.15, 0.2) is 10.4 Å². The Labute approximate surface area is 129 Å². The number of hydrogen-bond donors (Lipinski definition) is 1. The van der Waals surface area contributed by atoms with Crippen LogP contribution < -0.4 is 0 Å². The highest BCUT2D eigenvalue weighted by Gasteiger charge is 2.31. The summed E-state index contributed by atoms with van der Waals surface area (Å²) in [4.78, 5) is 37.7. The number of nitrogens with zero attached hydrogens (tertiary/aromatic N) is 2. The Hall–Kier alpha value is -1.83. The van der Waals surface area contributed by atoms with Crippen LogP contribution in [-0.2, 0) is 9.59 Å². The number of amides is 2. The van der Waals surface area contributed by atoms with E-state index in [0.29, 0.717) is 17.6 Å². The second-order valence-corrected chi connectivity index (χ2v) is 5.71.